The molecule has 0 saturated carbocycles. The lowest BCUT2D eigenvalue weighted by atomic mass is 9.98. The number of aromatic nitrogens is 1. The topological polar surface area (TPSA) is 24.9 Å². The number of benzene rings is 1. The highest BCUT2D eigenvalue weighted by Gasteiger charge is 2.23. The highest BCUT2D eigenvalue weighted by Crippen LogP contribution is 2.30. The van der Waals surface area contributed by atoms with Crippen LogP contribution in [0.15, 0.2) is 35.1 Å². The Balaban J connectivity index is 2.57. The zero-order valence-corrected chi connectivity index (χ0v) is 12.8. The fraction of sp³-hybridized carbons (Fsp3) is 0.267. The van der Waals surface area contributed by atoms with Gasteiger partial charge in [-0.15, -0.1) is 0 Å². The Kier molecular flexibility index (Phi) is 4.83. The Hall–Kier alpha value is -1.33. The van der Waals surface area contributed by atoms with Gasteiger partial charge in [0.15, 0.2) is 0 Å². The first kappa shape index (κ1) is 15.1. The molecule has 0 aliphatic heterocycles. The Morgan fingerprint density at radius 1 is 1.30 bits per heavy atom. The molecule has 0 radical (unpaired) electrons. The van der Waals surface area contributed by atoms with Crippen LogP contribution in [-0.2, 0) is 0 Å². The van der Waals surface area contributed by atoms with Gasteiger partial charge in [0.2, 0.25) is 0 Å². The van der Waals surface area contributed by atoms with E-state index in [1.165, 1.54) is 12.1 Å². The molecule has 2 rings (SSSR count). The van der Waals surface area contributed by atoms with Gasteiger partial charge in [-0.3, -0.25) is 4.98 Å². The first-order valence-corrected chi connectivity index (χ1v) is 7.12. The van der Waals surface area contributed by atoms with Gasteiger partial charge >= 0.3 is 0 Å². The van der Waals surface area contributed by atoms with Gasteiger partial charge in [-0.05, 0) is 52.7 Å². The van der Waals surface area contributed by atoms with E-state index in [-0.39, 0.29) is 10.0 Å². The van der Waals surface area contributed by atoms with Crippen LogP contribution in [0.3, 0.4) is 0 Å². The van der Waals surface area contributed by atoms with Crippen molar-refractivity contribution in [3.8, 4) is 0 Å². The van der Waals surface area contributed by atoms with Gasteiger partial charge in [-0.25, -0.2) is 8.78 Å². The fourth-order valence-corrected chi connectivity index (χ4v) is 2.48. The third-order valence-corrected chi connectivity index (χ3v) is 3.62. The maximum Gasteiger partial charge on any atom is 0.145 e. The van der Waals surface area contributed by atoms with Crippen LogP contribution < -0.4 is 5.32 Å². The summed E-state index contributed by atoms with van der Waals surface area (Å²) in [6, 6.07) is 3.94. The average molecular weight is 341 g/mol. The smallest absolute Gasteiger partial charge is 0.145 e. The zero-order valence-electron chi connectivity index (χ0n) is 11.3. The van der Waals surface area contributed by atoms with E-state index in [1.54, 1.807) is 12.4 Å². The normalized spacial score (nSPS) is 12.4. The van der Waals surface area contributed by atoms with Gasteiger partial charge < -0.3 is 5.32 Å². The quantitative estimate of drug-likeness (QED) is 0.846. The Morgan fingerprint density at radius 2 is 2.05 bits per heavy atom. The number of nitrogens with one attached hydrogen (secondary N) is 1. The van der Waals surface area contributed by atoms with Crippen molar-refractivity contribution in [2.45, 2.75) is 19.9 Å². The molecule has 0 amide bonds. The molecule has 1 N–H and O–H groups in total. The Bertz CT molecular complexity index is 617. The van der Waals surface area contributed by atoms with E-state index >= 15 is 0 Å². The van der Waals surface area contributed by atoms with Gasteiger partial charge in [0.25, 0.3) is 0 Å². The minimum absolute atomic E-state index is 0.00799. The molecule has 1 atom stereocenters. The number of rotatable bonds is 4. The highest BCUT2D eigenvalue weighted by molar-refractivity contribution is 9.10. The predicted octanol–water partition coefficient (Wildman–Crippen LogP) is 4.13. The van der Waals surface area contributed by atoms with Crippen molar-refractivity contribution in [2.24, 2.45) is 0 Å². The molecule has 0 aliphatic carbocycles. The van der Waals surface area contributed by atoms with Crippen LogP contribution in [0.4, 0.5) is 8.78 Å². The van der Waals surface area contributed by atoms with E-state index in [4.69, 9.17) is 0 Å². The molecule has 1 unspecified atom stereocenters. The van der Waals surface area contributed by atoms with Crippen molar-refractivity contribution < 1.29 is 8.78 Å². The van der Waals surface area contributed by atoms with Crippen LogP contribution in [0.5, 0.6) is 0 Å². The molecule has 5 heteroatoms. The van der Waals surface area contributed by atoms with Gasteiger partial charge in [0.05, 0.1) is 10.5 Å². The number of hydrogen-bond donors (Lipinski definition) is 1. The standard InChI is InChI=1S/C15H15BrF2N2/c1-3-20-15(10-6-9(2)7-19-8-10)13-12(17)5-4-11(16)14(13)18/h4-8,15,20H,3H2,1-2H3. The summed E-state index contributed by atoms with van der Waals surface area (Å²) in [5.74, 6) is -1.16. The van der Waals surface area contributed by atoms with Crippen LogP contribution in [0.1, 0.15) is 29.7 Å². The van der Waals surface area contributed by atoms with Crippen LogP contribution in [0.25, 0.3) is 0 Å². The molecule has 2 nitrogen and oxygen atoms in total. The molecule has 0 fully saturated rings. The van der Waals surface area contributed by atoms with Crippen molar-refractivity contribution in [3.05, 3.63) is 63.4 Å². The van der Waals surface area contributed by atoms with Crippen LogP contribution in [0.2, 0.25) is 0 Å². The summed E-state index contributed by atoms with van der Waals surface area (Å²) in [4.78, 5) is 4.10. The van der Waals surface area contributed by atoms with Gasteiger partial charge in [-0.2, -0.15) is 0 Å². The van der Waals surface area contributed by atoms with Crippen LogP contribution in [-0.4, -0.2) is 11.5 Å². The first-order valence-electron chi connectivity index (χ1n) is 6.33. The average Bonchev–Trinajstić information content (AvgIpc) is 2.42. The monoisotopic (exact) mass is 340 g/mol. The van der Waals surface area contributed by atoms with Crippen LogP contribution >= 0.6 is 15.9 Å². The molecule has 1 aromatic heterocycles. The largest absolute Gasteiger partial charge is 0.306 e. The molecular formula is C15H15BrF2N2. The molecule has 0 spiro atoms. The lowest BCUT2D eigenvalue weighted by molar-refractivity contribution is 0.506. The van der Waals surface area contributed by atoms with Crippen molar-refractivity contribution in [1.29, 1.82) is 0 Å². The molecule has 0 bridgehead atoms. The molecule has 106 valence electrons. The lowest BCUT2D eigenvalue weighted by Crippen LogP contribution is -2.24. The summed E-state index contributed by atoms with van der Waals surface area (Å²) in [5.41, 5.74) is 1.69. The van der Waals surface area contributed by atoms with E-state index < -0.39 is 17.7 Å². The SMILES string of the molecule is CCNC(c1cncc(C)c1)c1c(F)ccc(Br)c1F. The zero-order chi connectivity index (χ0) is 14.7. The fourth-order valence-electron chi connectivity index (χ4n) is 2.13. The van der Waals surface area contributed by atoms with Crippen molar-refractivity contribution in [2.75, 3.05) is 6.54 Å². The van der Waals surface area contributed by atoms with Gasteiger partial charge in [0.1, 0.15) is 11.6 Å². The van der Waals surface area contributed by atoms with E-state index in [2.05, 4.69) is 26.2 Å². The van der Waals surface area contributed by atoms with E-state index in [1.807, 2.05) is 19.9 Å². The van der Waals surface area contributed by atoms with Crippen molar-refractivity contribution >= 4 is 15.9 Å². The maximum atomic E-state index is 14.3. The van der Waals surface area contributed by atoms with Gasteiger partial charge in [-0.1, -0.05) is 13.0 Å². The summed E-state index contributed by atoms with van der Waals surface area (Å²) in [6.07, 6.45) is 3.33. The molecule has 20 heavy (non-hydrogen) atoms. The first-order chi connectivity index (χ1) is 9.54. The highest BCUT2D eigenvalue weighted by atomic mass is 79.9. The van der Waals surface area contributed by atoms with Gasteiger partial charge in [0, 0.05) is 18.0 Å². The van der Waals surface area contributed by atoms with E-state index in [0.29, 0.717) is 6.54 Å². The molecule has 1 aromatic carbocycles. The number of nitrogens with zero attached hydrogens (tertiary/aromatic N) is 1. The molecule has 0 aliphatic rings. The second-order valence-electron chi connectivity index (χ2n) is 4.54. The summed E-state index contributed by atoms with van der Waals surface area (Å²) >= 11 is 3.10. The Labute approximate surface area is 125 Å². The van der Waals surface area contributed by atoms with E-state index in [9.17, 15) is 8.78 Å². The second kappa shape index (κ2) is 6.41. The molecular weight excluding hydrogens is 326 g/mol. The lowest BCUT2D eigenvalue weighted by Gasteiger charge is -2.20. The number of hydrogen-bond acceptors (Lipinski definition) is 2. The summed E-state index contributed by atoms with van der Waals surface area (Å²) in [7, 11) is 0. The summed E-state index contributed by atoms with van der Waals surface area (Å²) in [6.45, 7) is 4.38. The number of aryl methyl sites for hydroxylation is 1. The second-order valence-corrected chi connectivity index (χ2v) is 5.40. The third kappa shape index (κ3) is 3.04. The molecule has 2 aromatic rings. The minimum atomic E-state index is -0.586. The molecule has 0 saturated heterocycles. The Morgan fingerprint density at radius 3 is 2.70 bits per heavy atom. The number of pyridine rings is 1. The van der Waals surface area contributed by atoms with E-state index in [0.717, 1.165) is 11.1 Å². The summed E-state index contributed by atoms with van der Waals surface area (Å²) < 4.78 is 28.6. The number of halogens is 3. The maximum absolute atomic E-state index is 14.3. The molecule has 1 heterocycles. The minimum Gasteiger partial charge on any atom is -0.306 e. The van der Waals surface area contributed by atoms with Crippen molar-refractivity contribution in [1.82, 2.24) is 10.3 Å². The summed E-state index contributed by atoms with van der Waals surface area (Å²) in [5, 5.41) is 3.11. The van der Waals surface area contributed by atoms with Crippen LogP contribution in [0, 0.1) is 18.6 Å². The third-order valence-electron chi connectivity index (χ3n) is 3.01. The van der Waals surface area contributed by atoms with Crippen molar-refractivity contribution in [3.63, 3.8) is 0 Å². The predicted molar refractivity (Wildman–Crippen MR) is 78.6 cm³/mol.